The highest BCUT2D eigenvalue weighted by molar-refractivity contribution is 6.32. The molecule has 2 aromatic heterocycles. The van der Waals surface area contributed by atoms with Gasteiger partial charge < -0.3 is 0 Å². The van der Waals surface area contributed by atoms with Crippen LogP contribution in [0.15, 0.2) is 24.7 Å². The third kappa shape index (κ3) is 2.25. The second-order valence-corrected chi connectivity index (χ2v) is 4.00. The molecule has 0 radical (unpaired) electrons. The molecule has 15 heavy (non-hydrogen) atoms. The van der Waals surface area contributed by atoms with E-state index in [9.17, 15) is 0 Å². The number of nitrogens with zero attached hydrogens (tertiary/aromatic N) is 3. The first kappa shape index (κ1) is 10.7. The lowest BCUT2D eigenvalue weighted by Crippen LogP contribution is -1.99. The van der Waals surface area contributed by atoms with E-state index in [2.05, 4.69) is 10.1 Å². The molecule has 0 aliphatic heterocycles. The van der Waals surface area contributed by atoms with Crippen molar-refractivity contribution < 1.29 is 0 Å². The number of aromatic nitrogens is 3. The van der Waals surface area contributed by atoms with Gasteiger partial charge in [-0.2, -0.15) is 5.10 Å². The summed E-state index contributed by atoms with van der Waals surface area (Å²) in [5, 5.41) is 5.04. The van der Waals surface area contributed by atoms with Crippen LogP contribution < -0.4 is 0 Å². The van der Waals surface area contributed by atoms with Crippen molar-refractivity contribution in [3.8, 4) is 5.82 Å². The molecule has 0 bridgehead atoms. The van der Waals surface area contributed by atoms with E-state index in [1.807, 2.05) is 0 Å². The van der Waals surface area contributed by atoms with Crippen LogP contribution in [-0.2, 0) is 5.88 Å². The van der Waals surface area contributed by atoms with Crippen LogP contribution in [0.4, 0.5) is 0 Å². The van der Waals surface area contributed by atoms with E-state index < -0.39 is 0 Å². The summed E-state index contributed by atoms with van der Waals surface area (Å²) in [4.78, 5) is 4.16. The number of halogens is 3. The molecule has 2 heterocycles. The predicted octanol–water partition coefficient (Wildman–Crippen LogP) is 3.31. The van der Waals surface area contributed by atoms with Gasteiger partial charge in [-0.25, -0.2) is 9.67 Å². The largest absolute Gasteiger partial charge is 0.235 e. The number of alkyl halides is 1. The number of pyridine rings is 1. The zero-order valence-electron chi connectivity index (χ0n) is 7.49. The molecule has 0 saturated carbocycles. The van der Waals surface area contributed by atoms with E-state index >= 15 is 0 Å². The molecule has 0 unspecified atom stereocenters. The van der Waals surface area contributed by atoms with Crippen molar-refractivity contribution in [2.45, 2.75) is 5.88 Å². The topological polar surface area (TPSA) is 30.7 Å². The summed E-state index contributed by atoms with van der Waals surface area (Å²) in [6.45, 7) is 0. The van der Waals surface area contributed by atoms with Gasteiger partial charge in [-0.05, 0) is 11.6 Å². The first-order valence-corrected chi connectivity index (χ1v) is 5.40. The highest BCUT2D eigenvalue weighted by Crippen LogP contribution is 2.20. The molecule has 0 aliphatic carbocycles. The lowest BCUT2D eigenvalue weighted by molar-refractivity contribution is 0.845. The monoisotopic (exact) mass is 261 g/mol. The average molecular weight is 263 g/mol. The summed E-state index contributed by atoms with van der Waals surface area (Å²) in [5.41, 5.74) is 0.865. The smallest absolute Gasteiger partial charge is 0.172 e. The maximum atomic E-state index is 6.03. The van der Waals surface area contributed by atoms with Gasteiger partial charge in [-0.15, -0.1) is 11.6 Å². The predicted molar refractivity (Wildman–Crippen MR) is 60.9 cm³/mol. The van der Waals surface area contributed by atoms with Gasteiger partial charge in [0.1, 0.15) is 0 Å². The molecule has 0 spiro atoms. The number of rotatable bonds is 2. The van der Waals surface area contributed by atoms with Crippen molar-refractivity contribution in [1.82, 2.24) is 14.8 Å². The van der Waals surface area contributed by atoms with Crippen LogP contribution in [0.1, 0.15) is 5.56 Å². The first-order chi connectivity index (χ1) is 7.20. The summed E-state index contributed by atoms with van der Waals surface area (Å²) >= 11 is 17.4. The normalized spacial score (nSPS) is 10.6. The van der Waals surface area contributed by atoms with Crippen LogP contribution in [-0.4, -0.2) is 14.8 Å². The van der Waals surface area contributed by atoms with Gasteiger partial charge in [-0.1, -0.05) is 23.2 Å². The fourth-order valence-corrected chi connectivity index (χ4v) is 1.69. The van der Waals surface area contributed by atoms with Gasteiger partial charge in [-0.3, -0.25) is 0 Å². The van der Waals surface area contributed by atoms with Crippen LogP contribution in [0.3, 0.4) is 0 Å². The standard InChI is InChI=1S/C9H6Cl3N3/c10-2-6-1-8(12)9(13-3-6)15-5-7(11)4-14-15/h1,3-5H,2H2. The molecule has 6 heteroatoms. The van der Waals surface area contributed by atoms with Gasteiger partial charge in [0.15, 0.2) is 5.82 Å². The molecule has 3 nitrogen and oxygen atoms in total. The molecule has 0 saturated heterocycles. The molecule has 2 rings (SSSR count). The van der Waals surface area contributed by atoms with E-state index in [0.717, 1.165) is 5.56 Å². The van der Waals surface area contributed by atoms with Gasteiger partial charge >= 0.3 is 0 Å². The SMILES string of the molecule is ClCc1cnc(-n2cc(Cl)cn2)c(Cl)c1. The summed E-state index contributed by atoms with van der Waals surface area (Å²) in [7, 11) is 0. The lowest BCUT2D eigenvalue weighted by Gasteiger charge is -2.03. The van der Waals surface area contributed by atoms with Crippen LogP contribution in [0.2, 0.25) is 10.0 Å². The van der Waals surface area contributed by atoms with Gasteiger partial charge in [0.05, 0.1) is 22.4 Å². The molecule has 0 atom stereocenters. The minimum Gasteiger partial charge on any atom is -0.235 e. The Morgan fingerprint density at radius 1 is 1.27 bits per heavy atom. The van der Waals surface area contributed by atoms with Gasteiger partial charge in [0.25, 0.3) is 0 Å². The second-order valence-electron chi connectivity index (χ2n) is 2.89. The molecule has 0 amide bonds. The van der Waals surface area contributed by atoms with Crippen LogP contribution in [0.5, 0.6) is 0 Å². The van der Waals surface area contributed by atoms with Gasteiger partial charge in [0, 0.05) is 12.1 Å². The fourth-order valence-electron chi connectivity index (χ4n) is 1.13. The summed E-state index contributed by atoms with van der Waals surface area (Å²) < 4.78 is 1.52. The highest BCUT2D eigenvalue weighted by Gasteiger charge is 2.06. The maximum absolute atomic E-state index is 6.03. The quantitative estimate of drug-likeness (QED) is 0.777. The van der Waals surface area contributed by atoms with E-state index in [-0.39, 0.29) is 0 Å². The number of hydrogen-bond donors (Lipinski definition) is 0. The Labute approximate surface area is 102 Å². The van der Waals surface area contributed by atoms with E-state index in [1.165, 1.54) is 10.9 Å². The van der Waals surface area contributed by atoms with Crippen LogP contribution in [0, 0.1) is 0 Å². The summed E-state index contributed by atoms with van der Waals surface area (Å²) in [6.07, 6.45) is 4.81. The molecule has 0 fully saturated rings. The van der Waals surface area contributed by atoms with Gasteiger partial charge in [0.2, 0.25) is 0 Å². The zero-order chi connectivity index (χ0) is 10.8. The highest BCUT2D eigenvalue weighted by atomic mass is 35.5. The van der Waals surface area contributed by atoms with Crippen LogP contribution >= 0.6 is 34.8 Å². The van der Waals surface area contributed by atoms with Crippen molar-refractivity contribution in [3.63, 3.8) is 0 Å². The first-order valence-electron chi connectivity index (χ1n) is 4.11. The molecule has 78 valence electrons. The zero-order valence-corrected chi connectivity index (χ0v) is 9.76. The molecular formula is C9H6Cl3N3. The second kappa shape index (κ2) is 4.39. The fraction of sp³-hybridized carbons (Fsp3) is 0.111. The van der Waals surface area contributed by atoms with E-state index in [4.69, 9.17) is 34.8 Å². The summed E-state index contributed by atoms with van der Waals surface area (Å²) in [6, 6.07) is 1.76. The van der Waals surface area contributed by atoms with E-state index in [1.54, 1.807) is 18.5 Å². The lowest BCUT2D eigenvalue weighted by atomic mass is 10.3. The molecule has 0 aromatic carbocycles. The van der Waals surface area contributed by atoms with Crippen molar-refractivity contribution >= 4 is 34.8 Å². The van der Waals surface area contributed by atoms with E-state index in [0.29, 0.717) is 21.7 Å². The Morgan fingerprint density at radius 2 is 2.07 bits per heavy atom. The third-order valence-corrected chi connectivity index (χ3v) is 2.58. The molecule has 2 aromatic rings. The molecule has 0 aliphatic rings. The Balaban J connectivity index is 2.45. The van der Waals surface area contributed by atoms with Crippen molar-refractivity contribution in [1.29, 1.82) is 0 Å². The number of hydrogen-bond acceptors (Lipinski definition) is 2. The Hall–Kier alpha value is -0.770. The minimum atomic E-state index is 0.382. The minimum absolute atomic E-state index is 0.382. The average Bonchev–Trinajstić information content (AvgIpc) is 2.64. The molecular weight excluding hydrogens is 256 g/mol. The van der Waals surface area contributed by atoms with Crippen molar-refractivity contribution in [2.24, 2.45) is 0 Å². The Kier molecular flexibility index (Phi) is 3.14. The Bertz CT molecular complexity index is 481. The molecule has 0 N–H and O–H groups in total. The maximum Gasteiger partial charge on any atom is 0.172 e. The van der Waals surface area contributed by atoms with Crippen molar-refractivity contribution in [2.75, 3.05) is 0 Å². The summed E-state index contributed by atoms with van der Waals surface area (Å²) in [5.74, 6) is 0.921. The van der Waals surface area contributed by atoms with Crippen LogP contribution in [0.25, 0.3) is 5.82 Å². The Morgan fingerprint density at radius 3 is 2.60 bits per heavy atom. The third-order valence-electron chi connectivity index (χ3n) is 1.80. The van der Waals surface area contributed by atoms with Crippen molar-refractivity contribution in [3.05, 3.63) is 40.3 Å².